The lowest BCUT2D eigenvalue weighted by molar-refractivity contribution is 0.0635. The van der Waals surface area contributed by atoms with Crippen LogP contribution in [-0.2, 0) is 11.3 Å². The Bertz CT molecular complexity index is 1280. The lowest BCUT2D eigenvalue weighted by Gasteiger charge is -2.24. The highest BCUT2D eigenvalue weighted by Crippen LogP contribution is 2.23. The van der Waals surface area contributed by atoms with Crippen molar-refractivity contribution in [2.75, 3.05) is 43.1 Å². The van der Waals surface area contributed by atoms with Crippen LogP contribution in [0.25, 0.3) is 0 Å². The maximum Gasteiger partial charge on any atom is 0.412 e. The van der Waals surface area contributed by atoms with Crippen LogP contribution in [0.1, 0.15) is 43.2 Å². The predicted molar refractivity (Wildman–Crippen MR) is 155 cm³/mol. The lowest BCUT2D eigenvalue weighted by Crippen LogP contribution is -2.36. The van der Waals surface area contributed by atoms with E-state index in [0.29, 0.717) is 30.2 Å². The van der Waals surface area contributed by atoms with Gasteiger partial charge < -0.3 is 25.2 Å². The number of rotatable bonds is 10. The number of nitrogens with one attached hydrogen (secondary N) is 3. The third-order valence-corrected chi connectivity index (χ3v) is 5.48. The Morgan fingerprint density at radius 1 is 0.875 bits per heavy atom. The molecule has 4 amide bonds. The number of aromatic nitrogens is 2. The number of anilines is 3. The van der Waals surface area contributed by atoms with Gasteiger partial charge in [0.05, 0.1) is 23.3 Å². The van der Waals surface area contributed by atoms with Gasteiger partial charge in [0.25, 0.3) is 5.91 Å². The van der Waals surface area contributed by atoms with Crippen LogP contribution in [-0.4, -0.2) is 70.6 Å². The molecule has 3 rings (SSSR count). The molecule has 0 aliphatic heterocycles. The molecule has 11 heteroatoms. The fourth-order valence-corrected chi connectivity index (χ4v) is 3.64. The number of amides is 4. The molecule has 11 nitrogen and oxygen atoms in total. The number of hydrogen-bond acceptors (Lipinski definition) is 7. The normalized spacial score (nSPS) is 11.1. The SMILES string of the molecule is CN(C)CCCN(Cc1ccc(C(=O)Nc2ccccc2NC(=O)OC(C)(C)C)nc1)C(=O)Nc1cccnc1. The van der Waals surface area contributed by atoms with Crippen molar-refractivity contribution in [1.29, 1.82) is 0 Å². The Morgan fingerprint density at radius 2 is 1.60 bits per heavy atom. The van der Waals surface area contributed by atoms with Gasteiger partial charge in [-0.25, -0.2) is 9.59 Å². The first-order valence-electron chi connectivity index (χ1n) is 13.0. The molecule has 0 spiro atoms. The highest BCUT2D eigenvalue weighted by atomic mass is 16.6. The van der Waals surface area contributed by atoms with Crippen LogP contribution in [0.2, 0.25) is 0 Å². The van der Waals surface area contributed by atoms with Gasteiger partial charge in [-0.3, -0.25) is 20.1 Å². The Kier molecular flexibility index (Phi) is 10.5. The van der Waals surface area contributed by atoms with Gasteiger partial charge in [0, 0.05) is 25.5 Å². The summed E-state index contributed by atoms with van der Waals surface area (Å²) in [5.41, 5.74) is 1.72. The topological polar surface area (TPSA) is 129 Å². The van der Waals surface area contributed by atoms with Crippen molar-refractivity contribution < 1.29 is 19.1 Å². The summed E-state index contributed by atoms with van der Waals surface area (Å²) in [5, 5.41) is 8.32. The van der Waals surface area contributed by atoms with Crippen molar-refractivity contribution in [3.8, 4) is 0 Å². The molecular formula is C29H37N7O4. The van der Waals surface area contributed by atoms with Crippen molar-refractivity contribution in [3.05, 3.63) is 78.4 Å². The Hall–Kier alpha value is -4.51. The second-order valence-electron chi connectivity index (χ2n) is 10.4. The van der Waals surface area contributed by atoms with E-state index in [0.717, 1.165) is 18.5 Å². The molecule has 0 aliphatic carbocycles. The van der Waals surface area contributed by atoms with E-state index in [4.69, 9.17) is 4.74 Å². The summed E-state index contributed by atoms with van der Waals surface area (Å²) in [7, 11) is 3.97. The Morgan fingerprint density at radius 3 is 2.20 bits per heavy atom. The van der Waals surface area contributed by atoms with Gasteiger partial charge in [-0.15, -0.1) is 0 Å². The highest BCUT2D eigenvalue weighted by molar-refractivity contribution is 6.05. The Balaban J connectivity index is 1.66. The summed E-state index contributed by atoms with van der Waals surface area (Å²) in [6.45, 7) is 6.99. The first-order chi connectivity index (χ1) is 19.0. The van der Waals surface area contributed by atoms with Crippen molar-refractivity contribution in [2.45, 2.75) is 39.3 Å². The Labute approximate surface area is 234 Å². The molecule has 2 aromatic heterocycles. The summed E-state index contributed by atoms with van der Waals surface area (Å²) in [6, 6.07) is 13.5. The van der Waals surface area contributed by atoms with Crippen molar-refractivity contribution in [3.63, 3.8) is 0 Å². The van der Waals surface area contributed by atoms with Crippen molar-refractivity contribution >= 4 is 35.1 Å². The molecule has 3 aromatic rings. The second kappa shape index (κ2) is 14.0. The minimum atomic E-state index is -0.657. The third-order valence-electron chi connectivity index (χ3n) is 5.48. The van der Waals surface area contributed by atoms with E-state index in [2.05, 4.69) is 30.8 Å². The number of benzene rings is 1. The number of nitrogens with zero attached hydrogens (tertiary/aromatic N) is 4. The van der Waals surface area contributed by atoms with E-state index in [1.807, 2.05) is 14.1 Å². The monoisotopic (exact) mass is 547 g/mol. The molecule has 0 bridgehead atoms. The molecule has 0 fully saturated rings. The molecular weight excluding hydrogens is 510 g/mol. The van der Waals surface area contributed by atoms with Gasteiger partial charge in [0.15, 0.2) is 0 Å². The van der Waals surface area contributed by atoms with Crippen LogP contribution in [0.4, 0.5) is 26.7 Å². The van der Waals surface area contributed by atoms with E-state index < -0.39 is 17.6 Å². The summed E-state index contributed by atoms with van der Waals surface area (Å²) < 4.78 is 5.30. The molecule has 0 atom stereocenters. The van der Waals surface area contributed by atoms with Gasteiger partial charge in [0.1, 0.15) is 11.3 Å². The minimum absolute atomic E-state index is 0.190. The maximum atomic E-state index is 13.0. The third kappa shape index (κ3) is 9.99. The number of hydrogen-bond donors (Lipinski definition) is 3. The molecule has 212 valence electrons. The van der Waals surface area contributed by atoms with Gasteiger partial charge in [0.2, 0.25) is 0 Å². The van der Waals surface area contributed by atoms with E-state index in [1.54, 1.807) is 92.8 Å². The van der Waals surface area contributed by atoms with Crippen LogP contribution in [0.3, 0.4) is 0 Å². The van der Waals surface area contributed by atoms with Crippen LogP contribution in [0.15, 0.2) is 67.1 Å². The summed E-state index contributed by atoms with van der Waals surface area (Å²) in [6.07, 6.45) is 4.98. The molecule has 2 heterocycles. The molecule has 3 N–H and O–H groups in total. The average Bonchev–Trinajstić information content (AvgIpc) is 2.89. The molecule has 1 aromatic carbocycles. The lowest BCUT2D eigenvalue weighted by atomic mass is 10.2. The van der Waals surface area contributed by atoms with Gasteiger partial charge in [-0.1, -0.05) is 18.2 Å². The van der Waals surface area contributed by atoms with Crippen LogP contribution >= 0.6 is 0 Å². The molecule has 0 radical (unpaired) electrons. The van der Waals surface area contributed by atoms with Crippen LogP contribution < -0.4 is 16.0 Å². The number of para-hydroxylation sites is 2. The minimum Gasteiger partial charge on any atom is -0.444 e. The van der Waals surface area contributed by atoms with E-state index in [-0.39, 0.29) is 11.7 Å². The fraction of sp³-hybridized carbons (Fsp3) is 0.345. The molecule has 0 saturated heterocycles. The van der Waals surface area contributed by atoms with E-state index in [9.17, 15) is 14.4 Å². The largest absolute Gasteiger partial charge is 0.444 e. The summed E-state index contributed by atoms with van der Waals surface area (Å²) in [4.78, 5) is 50.3. The standard InChI is InChI=1S/C29H37N7O4/c1-29(2,3)40-28(39)34-24-12-7-6-11-23(24)33-26(37)25-14-13-21(18-31-25)20-36(17-9-16-35(4)5)27(38)32-22-10-8-15-30-19-22/h6-8,10-15,18-19H,9,16-17,20H2,1-5H3,(H,32,38)(H,33,37)(H,34,39). The van der Waals surface area contributed by atoms with Crippen LogP contribution in [0.5, 0.6) is 0 Å². The zero-order chi connectivity index (χ0) is 29.1. The second-order valence-corrected chi connectivity index (χ2v) is 10.4. The zero-order valence-corrected chi connectivity index (χ0v) is 23.6. The van der Waals surface area contributed by atoms with E-state index >= 15 is 0 Å². The summed E-state index contributed by atoms with van der Waals surface area (Å²) in [5.74, 6) is -0.442. The molecule has 0 aliphatic rings. The van der Waals surface area contributed by atoms with Crippen molar-refractivity contribution in [2.24, 2.45) is 0 Å². The van der Waals surface area contributed by atoms with E-state index in [1.165, 1.54) is 0 Å². The highest BCUT2D eigenvalue weighted by Gasteiger charge is 2.19. The number of ether oxygens (including phenoxy) is 1. The first kappa shape index (κ1) is 30.0. The zero-order valence-electron chi connectivity index (χ0n) is 23.6. The first-order valence-corrected chi connectivity index (χ1v) is 13.0. The number of urea groups is 1. The maximum absolute atomic E-state index is 13.0. The van der Waals surface area contributed by atoms with Gasteiger partial charge >= 0.3 is 12.1 Å². The van der Waals surface area contributed by atoms with Crippen molar-refractivity contribution in [1.82, 2.24) is 19.8 Å². The number of carbonyl (C=O) groups excluding carboxylic acids is 3. The quantitative estimate of drug-likeness (QED) is 0.324. The predicted octanol–water partition coefficient (Wildman–Crippen LogP) is 5.06. The smallest absolute Gasteiger partial charge is 0.412 e. The number of carbonyl (C=O) groups is 3. The summed E-state index contributed by atoms with van der Waals surface area (Å²) >= 11 is 0. The van der Waals surface area contributed by atoms with Crippen LogP contribution in [0, 0.1) is 0 Å². The number of pyridine rings is 2. The average molecular weight is 548 g/mol. The molecule has 0 saturated carbocycles. The van der Waals surface area contributed by atoms with Gasteiger partial charge in [-0.2, -0.15) is 0 Å². The van der Waals surface area contributed by atoms with Gasteiger partial charge in [-0.05, 0) is 83.7 Å². The fourth-order valence-electron chi connectivity index (χ4n) is 3.64. The molecule has 0 unspecified atom stereocenters. The molecule has 40 heavy (non-hydrogen) atoms.